The van der Waals surface area contributed by atoms with Crippen molar-refractivity contribution in [2.45, 2.75) is 19.6 Å². The smallest absolute Gasteiger partial charge is 0.143 e. The van der Waals surface area contributed by atoms with Crippen molar-refractivity contribution in [2.75, 3.05) is 0 Å². The molecule has 0 bridgehead atoms. The molecule has 0 aliphatic heterocycles. The van der Waals surface area contributed by atoms with Gasteiger partial charge < -0.3 is 10.2 Å². The van der Waals surface area contributed by atoms with Gasteiger partial charge in [0.05, 0.1) is 9.79 Å². The predicted molar refractivity (Wildman–Crippen MR) is 90.9 cm³/mol. The van der Waals surface area contributed by atoms with Gasteiger partial charge in [-0.15, -0.1) is 0 Å². The molecule has 2 N–H and O–H groups in total. The summed E-state index contributed by atoms with van der Waals surface area (Å²) >= 11 is 2.86. The molecule has 3 aromatic rings. The molecule has 0 unspecified atom stereocenters. The highest BCUT2D eigenvalue weighted by molar-refractivity contribution is 8.00. The lowest BCUT2D eigenvalue weighted by atomic mass is 10.3. The van der Waals surface area contributed by atoms with E-state index in [0.29, 0.717) is 9.79 Å². The van der Waals surface area contributed by atoms with Crippen LogP contribution >= 0.6 is 23.5 Å². The number of benzene rings is 3. The molecule has 0 atom stereocenters. The van der Waals surface area contributed by atoms with Crippen molar-refractivity contribution in [1.29, 1.82) is 0 Å². The zero-order valence-electron chi connectivity index (χ0n) is 11.6. The number of aromatic hydroxyl groups is 2. The molecule has 0 aliphatic rings. The Balaban J connectivity index is 1.92. The van der Waals surface area contributed by atoms with E-state index in [1.54, 1.807) is 12.1 Å². The third-order valence-corrected chi connectivity index (χ3v) is 5.04. The maximum absolute atomic E-state index is 10.5. The molecule has 0 aromatic heterocycles. The maximum atomic E-state index is 10.5. The molecule has 3 aromatic carbocycles. The molecule has 4 heteroatoms. The van der Waals surface area contributed by atoms with Crippen molar-refractivity contribution in [3.63, 3.8) is 0 Å². The number of phenols is 2. The molecule has 110 valence electrons. The van der Waals surface area contributed by atoms with Gasteiger partial charge >= 0.3 is 0 Å². The van der Waals surface area contributed by atoms with E-state index in [1.165, 1.54) is 23.5 Å². The molecule has 0 saturated carbocycles. The topological polar surface area (TPSA) is 40.5 Å². The van der Waals surface area contributed by atoms with Crippen LogP contribution in [0.2, 0.25) is 0 Å². The fraction of sp³-hybridized carbons (Fsp3) is 0. The van der Waals surface area contributed by atoms with Crippen molar-refractivity contribution >= 4 is 23.5 Å². The van der Waals surface area contributed by atoms with Crippen LogP contribution in [-0.2, 0) is 0 Å². The SMILES string of the molecule is Oc1cc(Sc2ccccc2)c(O)c(Sc2ccccc2)c1. The van der Waals surface area contributed by atoms with Gasteiger partial charge in [0.2, 0.25) is 0 Å². The van der Waals surface area contributed by atoms with Gasteiger partial charge in [-0.05, 0) is 36.4 Å². The quantitative estimate of drug-likeness (QED) is 0.630. The molecule has 0 heterocycles. The van der Waals surface area contributed by atoms with E-state index in [2.05, 4.69) is 0 Å². The Hall–Kier alpha value is -2.04. The summed E-state index contributed by atoms with van der Waals surface area (Å²) in [6, 6.07) is 22.7. The van der Waals surface area contributed by atoms with Crippen LogP contribution in [0.1, 0.15) is 0 Å². The van der Waals surface area contributed by atoms with Crippen LogP contribution in [-0.4, -0.2) is 10.2 Å². The summed E-state index contributed by atoms with van der Waals surface area (Å²) < 4.78 is 0. The van der Waals surface area contributed by atoms with Crippen LogP contribution in [0.25, 0.3) is 0 Å². The lowest BCUT2D eigenvalue weighted by Crippen LogP contribution is -1.81. The van der Waals surface area contributed by atoms with Crippen molar-refractivity contribution in [2.24, 2.45) is 0 Å². The number of hydrogen-bond acceptors (Lipinski definition) is 4. The summed E-state index contributed by atoms with van der Waals surface area (Å²) in [5.74, 6) is 0.343. The molecule has 0 amide bonds. The van der Waals surface area contributed by atoms with Crippen LogP contribution in [0.15, 0.2) is 92.4 Å². The lowest BCUT2D eigenvalue weighted by molar-refractivity contribution is 0.436. The van der Waals surface area contributed by atoms with Gasteiger partial charge in [-0.25, -0.2) is 0 Å². The molecular weight excluding hydrogens is 312 g/mol. The van der Waals surface area contributed by atoms with Crippen LogP contribution in [0.4, 0.5) is 0 Å². The standard InChI is InChI=1S/C18H14O2S2/c19-13-11-16(21-14-7-3-1-4-8-14)18(20)17(12-13)22-15-9-5-2-6-10-15/h1-12,19-20H. The van der Waals surface area contributed by atoms with Crippen LogP contribution < -0.4 is 0 Å². The molecule has 0 saturated heterocycles. The van der Waals surface area contributed by atoms with Gasteiger partial charge in [0, 0.05) is 9.79 Å². The Labute approximate surface area is 137 Å². The van der Waals surface area contributed by atoms with Crippen molar-refractivity contribution in [1.82, 2.24) is 0 Å². The molecule has 0 aliphatic carbocycles. The minimum Gasteiger partial charge on any atom is -0.508 e. The second-order valence-corrected chi connectivity index (χ2v) is 6.85. The minimum absolute atomic E-state index is 0.148. The highest BCUT2D eigenvalue weighted by atomic mass is 32.2. The minimum atomic E-state index is 0.148. The summed E-state index contributed by atoms with van der Waals surface area (Å²) in [7, 11) is 0. The normalized spacial score (nSPS) is 10.5. The molecular formula is C18H14O2S2. The van der Waals surface area contributed by atoms with E-state index in [1.807, 2.05) is 60.7 Å². The number of hydrogen-bond donors (Lipinski definition) is 2. The lowest BCUT2D eigenvalue weighted by Gasteiger charge is -2.10. The third kappa shape index (κ3) is 3.59. The highest BCUT2D eigenvalue weighted by Crippen LogP contribution is 2.44. The summed E-state index contributed by atoms with van der Waals surface area (Å²) in [5, 5.41) is 20.4. The zero-order valence-corrected chi connectivity index (χ0v) is 13.3. The largest absolute Gasteiger partial charge is 0.508 e. The Bertz CT molecular complexity index is 696. The van der Waals surface area contributed by atoms with Gasteiger partial charge in [-0.1, -0.05) is 59.9 Å². The fourth-order valence-corrected chi connectivity index (χ4v) is 3.89. The molecule has 22 heavy (non-hydrogen) atoms. The van der Waals surface area contributed by atoms with Crippen LogP contribution in [0.3, 0.4) is 0 Å². The van der Waals surface area contributed by atoms with Gasteiger partial charge in [0.25, 0.3) is 0 Å². The van der Waals surface area contributed by atoms with E-state index in [0.717, 1.165) is 9.79 Å². The van der Waals surface area contributed by atoms with Crippen LogP contribution in [0.5, 0.6) is 11.5 Å². The Morgan fingerprint density at radius 3 is 1.41 bits per heavy atom. The van der Waals surface area contributed by atoms with Gasteiger partial charge in [-0.2, -0.15) is 0 Å². The van der Waals surface area contributed by atoms with Gasteiger partial charge in [0.1, 0.15) is 11.5 Å². The van der Waals surface area contributed by atoms with E-state index >= 15 is 0 Å². The first-order valence-corrected chi connectivity index (χ1v) is 8.37. The average molecular weight is 326 g/mol. The third-order valence-electron chi connectivity index (χ3n) is 2.97. The number of rotatable bonds is 4. The first kappa shape index (κ1) is 14.9. The summed E-state index contributed by atoms with van der Waals surface area (Å²) in [6.07, 6.45) is 0. The zero-order chi connectivity index (χ0) is 15.4. The Kier molecular flexibility index (Phi) is 4.61. The molecule has 0 fully saturated rings. The summed E-state index contributed by atoms with van der Waals surface area (Å²) in [6.45, 7) is 0. The van der Waals surface area contributed by atoms with Crippen LogP contribution in [0, 0.1) is 0 Å². The molecule has 3 rings (SSSR count). The van der Waals surface area contributed by atoms with E-state index in [4.69, 9.17) is 0 Å². The fourth-order valence-electron chi connectivity index (χ4n) is 1.96. The molecule has 0 radical (unpaired) electrons. The van der Waals surface area contributed by atoms with Crippen molar-refractivity contribution < 1.29 is 10.2 Å². The highest BCUT2D eigenvalue weighted by Gasteiger charge is 2.12. The van der Waals surface area contributed by atoms with E-state index in [9.17, 15) is 10.2 Å². The van der Waals surface area contributed by atoms with E-state index in [-0.39, 0.29) is 11.5 Å². The Morgan fingerprint density at radius 2 is 1.00 bits per heavy atom. The first-order valence-electron chi connectivity index (χ1n) is 6.74. The molecule has 2 nitrogen and oxygen atoms in total. The average Bonchev–Trinajstić information content (AvgIpc) is 2.54. The Morgan fingerprint density at radius 1 is 0.591 bits per heavy atom. The van der Waals surface area contributed by atoms with Gasteiger partial charge in [-0.3, -0.25) is 0 Å². The number of phenolic OH excluding ortho intramolecular Hbond substituents is 2. The maximum Gasteiger partial charge on any atom is 0.143 e. The second-order valence-electron chi connectivity index (χ2n) is 4.62. The first-order chi connectivity index (χ1) is 10.7. The van der Waals surface area contributed by atoms with E-state index < -0.39 is 0 Å². The van der Waals surface area contributed by atoms with Crippen molar-refractivity contribution in [3.05, 3.63) is 72.8 Å². The second kappa shape index (κ2) is 6.81. The van der Waals surface area contributed by atoms with Gasteiger partial charge in [0.15, 0.2) is 0 Å². The predicted octanol–water partition coefficient (Wildman–Crippen LogP) is 5.40. The summed E-state index contributed by atoms with van der Waals surface area (Å²) in [4.78, 5) is 3.31. The summed E-state index contributed by atoms with van der Waals surface area (Å²) in [5.41, 5.74) is 0. The van der Waals surface area contributed by atoms with Crippen molar-refractivity contribution in [3.8, 4) is 11.5 Å². The monoisotopic (exact) mass is 326 g/mol. The molecule has 0 spiro atoms.